The molecule has 0 heterocycles. The minimum Gasteiger partial charge on any atom is -0.496 e. The molecular formula is C12H18ClNO. The highest BCUT2D eigenvalue weighted by atomic mass is 35.5. The molecule has 0 saturated heterocycles. The van der Waals surface area contributed by atoms with Gasteiger partial charge in [-0.3, -0.25) is 0 Å². The Labute approximate surface area is 96.4 Å². The Morgan fingerprint density at radius 2 is 1.87 bits per heavy atom. The number of ether oxygens (including phenoxy) is 1. The van der Waals surface area contributed by atoms with Crippen LogP contribution in [0.1, 0.15) is 43.9 Å². The average molecular weight is 228 g/mol. The fourth-order valence-electron chi connectivity index (χ4n) is 1.60. The van der Waals surface area contributed by atoms with Crippen LogP contribution in [0.25, 0.3) is 0 Å². The number of hydrogen-bond donors (Lipinski definition) is 1. The molecule has 1 aromatic rings. The molecule has 2 nitrogen and oxygen atoms in total. The minimum absolute atomic E-state index is 0.0300. The fourth-order valence-corrected chi connectivity index (χ4v) is 2.04. The molecule has 0 radical (unpaired) electrons. The van der Waals surface area contributed by atoms with Gasteiger partial charge in [0.15, 0.2) is 0 Å². The summed E-state index contributed by atoms with van der Waals surface area (Å²) in [7, 11) is 1.66. The lowest BCUT2D eigenvalue weighted by atomic mass is 9.98. The standard InChI is InChI=1S/C12H18ClNO/c1-7(2)12-10(13)5-9(8(3)14)6-11(12)15-4/h5-8H,14H2,1-4H3. The molecule has 0 saturated carbocycles. The van der Waals surface area contributed by atoms with Gasteiger partial charge in [0.25, 0.3) is 0 Å². The zero-order valence-corrected chi connectivity index (χ0v) is 10.4. The smallest absolute Gasteiger partial charge is 0.124 e. The van der Waals surface area contributed by atoms with E-state index in [-0.39, 0.29) is 6.04 Å². The van der Waals surface area contributed by atoms with Crippen LogP contribution in [0.15, 0.2) is 12.1 Å². The molecule has 84 valence electrons. The molecule has 3 heteroatoms. The van der Waals surface area contributed by atoms with E-state index < -0.39 is 0 Å². The van der Waals surface area contributed by atoms with Crippen LogP contribution in [0.5, 0.6) is 5.75 Å². The Hall–Kier alpha value is -0.730. The van der Waals surface area contributed by atoms with Crippen molar-refractivity contribution >= 4 is 11.6 Å². The molecule has 1 aromatic carbocycles. The first-order chi connectivity index (χ1) is 6.97. The zero-order valence-electron chi connectivity index (χ0n) is 9.67. The molecule has 0 bridgehead atoms. The highest BCUT2D eigenvalue weighted by Gasteiger charge is 2.14. The van der Waals surface area contributed by atoms with Gasteiger partial charge in [-0.1, -0.05) is 25.4 Å². The Morgan fingerprint density at radius 3 is 2.27 bits per heavy atom. The molecule has 1 atom stereocenters. The van der Waals surface area contributed by atoms with E-state index in [1.807, 2.05) is 19.1 Å². The van der Waals surface area contributed by atoms with E-state index in [0.717, 1.165) is 21.9 Å². The normalized spacial score (nSPS) is 13.0. The van der Waals surface area contributed by atoms with Crippen LogP contribution in [0.3, 0.4) is 0 Å². The first kappa shape index (κ1) is 12.3. The van der Waals surface area contributed by atoms with Crippen LogP contribution in [0, 0.1) is 0 Å². The topological polar surface area (TPSA) is 35.2 Å². The van der Waals surface area contributed by atoms with E-state index in [9.17, 15) is 0 Å². The molecule has 0 aliphatic rings. The molecule has 0 aromatic heterocycles. The van der Waals surface area contributed by atoms with Gasteiger partial charge < -0.3 is 10.5 Å². The fraction of sp³-hybridized carbons (Fsp3) is 0.500. The Kier molecular flexibility index (Phi) is 4.00. The van der Waals surface area contributed by atoms with Crippen molar-refractivity contribution in [3.8, 4) is 5.75 Å². The van der Waals surface area contributed by atoms with Crippen LogP contribution in [-0.4, -0.2) is 7.11 Å². The van der Waals surface area contributed by atoms with Gasteiger partial charge >= 0.3 is 0 Å². The summed E-state index contributed by atoms with van der Waals surface area (Å²) in [4.78, 5) is 0. The van der Waals surface area contributed by atoms with E-state index in [1.165, 1.54) is 0 Å². The third-order valence-corrected chi connectivity index (χ3v) is 2.75. The van der Waals surface area contributed by atoms with Crippen molar-refractivity contribution in [3.05, 3.63) is 28.3 Å². The molecule has 0 fully saturated rings. The summed E-state index contributed by atoms with van der Waals surface area (Å²) >= 11 is 6.22. The van der Waals surface area contributed by atoms with E-state index in [0.29, 0.717) is 5.92 Å². The van der Waals surface area contributed by atoms with Crippen LogP contribution in [0.4, 0.5) is 0 Å². The van der Waals surface area contributed by atoms with Crippen molar-refractivity contribution < 1.29 is 4.74 Å². The first-order valence-electron chi connectivity index (χ1n) is 5.10. The summed E-state index contributed by atoms with van der Waals surface area (Å²) in [5, 5.41) is 0.733. The molecule has 15 heavy (non-hydrogen) atoms. The van der Waals surface area contributed by atoms with Gasteiger partial charge in [0, 0.05) is 16.6 Å². The van der Waals surface area contributed by atoms with Crippen molar-refractivity contribution in [3.63, 3.8) is 0 Å². The minimum atomic E-state index is -0.0300. The number of hydrogen-bond acceptors (Lipinski definition) is 2. The van der Waals surface area contributed by atoms with E-state index in [2.05, 4.69) is 13.8 Å². The average Bonchev–Trinajstić information content (AvgIpc) is 2.15. The number of halogens is 1. The Morgan fingerprint density at radius 1 is 1.27 bits per heavy atom. The summed E-state index contributed by atoms with van der Waals surface area (Å²) in [5.74, 6) is 1.17. The Bertz CT molecular complexity index is 348. The largest absolute Gasteiger partial charge is 0.496 e. The summed E-state index contributed by atoms with van der Waals surface area (Å²) in [6.07, 6.45) is 0. The van der Waals surface area contributed by atoms with Gasteiger partial charge in [0.1, 0.15) is 5.75 Å². The van der Waals surface area contributed by atoms with Crippen LogP contribution < -0.4 is 10.5 Å². The third kappa shape index (κ3) is 2.64. The van der Waals surface area contributed by atoms with Crippen molar-refractivity contribution in [1.29, 1.82) is 0 Å². The second-order valence-electron chi connectivity index (χ2n) is 4.06. The van der Waals surface area contributed by atoms with Gasteiger partial charge in [-0.2, -0.15) is 0 Å². The van der Waals surface area contributed by atoms with Crippen LogP contribution in [0.2, 0.25) is 5.02 Å². The lowest BCUT2D eigenvalue weighted by Crippen LogP contribution is -2.06. The predicted molar refractivity (Wildman–Crippen MR) is 64.7 cm³/mol. The van der Waals surface area contributed by atoms with E-state index >= 15 is 0 Å². The molecule has 2 N–H and O–H groups in total. The summed E-state index contributed by atoms with van der Waals surface area (Å²) in [5.41, 5.74) is 7.86. The molecule has 0 spiro atoms. The Balaban J connectivity index is 3.31. The lowest BCUT2D eigenvalue weighted by molar-refractivity contribution is 0.406. The third-order valence-electron chi connectivity index (χ3n) is 2.44. The maximum absolute atomic E-state index is 6.22. The van der Waals surface area contributed by atoms with Crippen molar-refractivity contribution in [2.45, 2.75) is 32.7 Å². The van der Waals surface area contributed by atoms with Gasteiger partial charge in [0.05, 0.1) is 7.11 Å². The SMILES string of the molecule is COc1cc(C(C)N)cc(Cl)c1C(C)C. The molecule has 0 amide bonds. The second kappa shape index (κ2) is 4.86. The van der Waals surface area contributed by atoms with Crippen LogP contribution in [-0.2, 0) is 0 Å². The molecule has 1 rings (SSSR count). The van der Waals surface area contributed by atoms with Crippen molar-refractivity contribution in [2.75, 3.05) is 7.11 Å². The van der Waals surface area contributed by atoms with Crippen molar-refractivity contribution in [1.82, 2.24) is 0 Å². The molecule has 0 aliphatic heterocycles. The number of methoxy groups -OCH3 is 1. The van der Waals surface area contributed by atoms with Gasteiger partial charge in [-0.25, -0.2) is 0 Å². The second-order valence-corrected chi connectivity index (χ2v) is 4.47. The van der Waals surface area contributed by atoms with Gasteiger partial charge in [0.2, 0.25) is 0 Å². The summed E-state index contributed by atoms with van der Waals surface area (Å²) in [6, 6.07) is 3.85. The number of rotatable bonds is 3. The van der Waals surface area contributed by atoms with E-state index in [1.54, 1.807) is 7.11 Å². The van der Waals surface area contributed by atoms with Gasteiger partial charge in [-0.15, -0.1) is 0 Å². The maximum Gasteiger partial charge on any atom is 0.124 e. The maximum atomic E-state index is 6.22. The van der Waals surface area contributed by atoms with Crippen molar-refractivity contribution in [2.24, 2.45) is 5.73 Å². The number of benzene rings is 1. The summed E-state index contributed by atoms with van der Waals surface area (Å²) in [6.45, 7) is 6.12. The summed E-state index contributed by atoms with van der Waals surface area (Å²) < 4.78 is 5.34. The predicted octanol–water partition coefficient (Wildman–Crippen LogP) is 3.49. The highest BCUT2D eigenvalue weighted by molar-refractivity contribution is 6.31. The molecule has 0 aliphatic carbocycles. The molecular weight excluding hydrogens is 210 g/mol. The lowest BCUT2D eigenvalue weighted by Gasteiger charge is -2.16. The van der Waals surface area contributed by atoms with E-state index in [4.69, 9.17) is 22.1 Å². The quantitative estimate of drug-likeness (QED) is 0.858. The van der Waals surface area contributed by atoms with Gasteiger partial charge in [-0.05, 0) is 30.5 Å². The first-order valence-corrected chi connectivity index (χ1v) is 5.48. The highest BCUT2D eigenvalue weighted by Crippen LogP contribution is 2.35. The van der Waals surface area contributed by atoms with Crippen LogP contribution >= 0.6 is 11.6 Å². The number of nitrogens with two attached hydrogens (primary N) is 1. The molecule has 1 unspecified atom stereocenters. The monoisotopic (exact) mass is 227 g/mol. The zero-order chi connectivity index (χ0) is 11.6.